The Kier molecular flexibility index (Phi) is 4.12. The van der Waals surface area contributed by atoms with Crippen LogP contribution in [0.4, 0.5) is 0 Å². The van der Waals surface area contributed by atoms with Crippen molar-refractivity contribution in [2.45, 2.75) is 32.4 Å². The average Bonchev–Trinajstić information content (AvgIpc) is 3.34. The number of benzene rings is 1. The summed E-state index contributed by atoms with van der Waals surface area (Å²) >= 11 is 0. The molecule has 1 aromatic rings. The van der Waals surface area contributed by atoms with Gasteiger partial charge in [-0.15, -0.1) is 0 Å². The van der Waals surface area contributed by atoms with Gasteiger partial charge >= 0.3 is 0 Å². The highest BCUT2D eigenvalue weighted by Gasteiger charge is 2.31. The fourth-order valence-electron chi connectivity index (χ4n) is 3.06. The van der Waals surface area contributed by atoms with Crippen LogP contribution < -0.4 is 5.73 Å². The van der Waals surface area contributed by atoms with Gasteiger partial charge in [-0.25, -0.2) is 0 Å². The summed E-state index contributed by atoms with van der Waals surface area (Å²) in [6.07, 6.45) is 2.79. The third-order valence-electron chi connectivity index (χ3n) is 4.61. The summed E-state index contributed by atoms with van der Waals surface area (Å²) in [4.78, 5) is 5.15. The van der Waals surface area contributed by atoms with Crippen LogP contribution in [0.25, 0.3) is 0 Å². The molecular weight excluding hydrogens is 264 g/mol. The van der Waals surface area contributed by atoms with E-state index in [0.717, 1.165) is 31.2 Å². The number of hydrogen-bond donors (Lipinski definition) is 2. The monoisotopic (exact) mass is 288 g/mol. The van der Waals surface area contributed by atoms with Crippen molar-refractivity contribution in [1.82, 2.24) is 9.80 Å². The van der Waals surface area contributed by atoms with Crippen LogP contribution in [0.1, 0.15) is 29.5 Å². The molecule has 3 N–H and O–H groups in total. The summed E-state index contributed by atoms with van der Waals surface area (Å²) in [6.45, 7) is 7.78. The quantitative estimate of drug-likeness (QED) is 0.380. The minimum atomic E-state index is 0.169. The van der Waals surface area contributed by atoms with E-state index in [1.807, 2.05) is 12.1 Å². The highest BCUT2D eigenvalue weighted by molar-refractivity contribution is 5.97. The third kappa shape index (κ3) is 3.36. The standard InChI is InChI=1S/C16H24N4O/c1-12-10-13(16(17)18-21)2-3-14(12)11-19-6-8-20(9-7-19)15-4-5-15/h2-3,10,15,21H,4-9,11H2,1H3,(H2,17,18). The highest BCUT2D eigenvalue weighted by atomic mass is 16.4. The summed E-state index contributed by atoms with van der Waals surface area (Å²) in [6, 6.07) is 6.90. The molecule has 2 aliphatic rings. The van der Waals surface area contributed by atoms with Crippen LogP contribution in [-0.2, 0) is 6.54 Å². The number of nitrogens with two attached hydrogens (primary N) is 1. The summed E-state index contributed by atoms with van der Waals surface area (Å²) in [5, 5.41) is 11.8. The topological polar surface area (TPSA) is 65.1 Å². The Balaban J connectivity index is 1.60. The third-order valence-corrected chi connectivity index (χ3v) is 4.61. The van der Waals surface area contributed by atoms with Crippen LogP contribution in [0.3, 0.4) is 0 Å². The van der Waals surface area contributed by atoms with E-state index in [-0.39, 0.29) is 5.84 Å². The van der Waals surface area contributed by atoms with Crippen LogP contribution in [0.5, 0.6) is 0 Å². The summed E-state index contributed by atoms with van der Waals surface area (Å²) in [5.41, 5.74) is 8.93. The Morgan fingerprint density at radius 3 is 2.57 bits per heavy atom. The maximum atomic E-state index is 8.73. The average molecular weight is 288 g/mol. The Labute approximate surface area is 126 Å². The molecule has 5 heteroatoms. The van der Waals surface area contributed by atoms with Crippen molar-refractivity contribution in [2.75, 3.05) is 26.2 Å². The largest absolute Gasteiger partial charge is 0.409 e. The van der Waals surface area contributed by atoms with Crippen LogP contribution in [0, 0.1) is 6.92 Å². The molecule has 5 nitrogen and oxygen atoms in total. The maximum Gasteiger partial charge on any atom is 0.170 e. The van der Waals surface area contributed by atoms with E-state index in [1.165, 1.54) is 37.1 Å². The van der Waals surface area contributed by atoms with Gasteiger partial charge in [-0.1, -0.05) is 17.3 Å². The van der Waals surface area contributed by atoms with Gasteiger partial charge in [0.2, 0.25) is 0 Å². The molecule has 1 heterocycles. The summed E-state index contributed by atoms with van der Waals surface area (Å²) < 4.78 is 0. The molecule has 0 spiro atoms. The highest BCUT2D eigenvalue weighted by Crippen LogP contribution is 2.27. The number of hydrogen-bond acceptors (Lipinski definition) is 4. The lowest BCUT2D eigenvalue weighted by Gasteiger charge is -2.35. The Hall–Kier alpha value is -1.59. The SMILES string of the molecule is Cc1cc(/C(N)=N/O)ccc1CN1CCN(C2CC2)CC1. The molecule has 0 unspecified atom stereocenters. The number of nitrogens with zero attached hydrogens (tertiary/aromatic N) is 3. The smallest absolute Gasteiger partial charge is 0.170 e. The molecule has 21 heavy (non-hydrogen) atoms. The van der Waals surface area contributed by atoms with E-state index in [9.17, 15) is 0 Å². The summed E-state index contributed by atoms with van der Waals surface area (Å²) in [7, 11) is 0. The number of rotatable bonds is 4. The first-order chi connectivity index (χ1) is 10.2. The maximum absolute atomic E-state index is 8.73. The lowest BCUT2D eigenvalue weighted by Crippen LogP contribution is -2.46. The second kappa shape index (κ2) is 6.03. The van der Waals surface area contributed by atoms with Gasteiger partial charge in [0, 0.05) is 44.3 Å². The predicted octanol–water partition coefficient (Wildman–Crippen LogP) is 1.37. The Bertz CT molecular complexity index is 531. The number of amidine groups is 1. The van der Waals surface area contributed by atoms with Crippen LogP contribution in [-0.4, -0.2) is 53.1 Å². The molecule has 1 saturated heterocycles. The molecule has 1 aliphatic heterocycles. The van der Waals surface area contributed by atoms with E-state index in [1.54, 1.807) is 0 Å². The van der Waals surface area contributed by atoms with Crippen LogP contribution in [0.2, 0.25) is 0 Å². The zero-order valence-electron chi connectivity index (χ0n) is 12.6. The molecule has 0 aromatic heterocycles. The molecule has 0 radical (unpaired) electrons. The second-order valence-corrected chi connectivity index (χ2v) is 6.17. The van der Waals surface area contributed by atoms with Gasteiger partial charge in [0.05, 0.1) is 0 Å². The van der Waals surface area contributed by atoms with E-state index in [2.05, 4.69) is 27.9 Å². The molecule has 2 fully saturated rings. The normalized spacial score (nSPS) is 21.7. The number of oxime groups is 1. The van der Waals surface area contributed by atoms with E-state index in [0.29, 0.717) is 0 Å². The molecule has 0 atom stereocenters. The molecule has 0 amide bonds. The van der Waals surface area contributed by atoms with Crippen LogP contribution in [0.15, 0.2) is 23.4 Å². The zero-order valence-corrected chi connectivity index (χ0v) is 12.6. The van der Waals surface area contributed by atoms with Gasteiger partial charge in [-0.3, -0.25) is 9.80 Å². The summed E-state index contributed by atoms with van der Waals surface area (Å²) in [5.74, 6) is 0.169. The van der Waals surface area contributed by atoms with Gasteiger partial charge in [0.1, 0.15) is 0 Å². The molecule has 3 rings (SSSR count). The first kappa shape index (κ1) is 14.4. The second-order valence-electron chi connectivity index (χ2n) is 6.17. The zero-order chi connectivity index (χ0) is 14.8. The minimum Gasteiger partial charge on any atom is -0.409 e. The van der Waals surface area contributed by atoms with Gasteiger partial charge in [0.15, 0.2) is 5.84 Å². The van der Waals surface area contributed by atoms with Crippen molar-refractivity contribution in [2.24, 2.45) is 10.9 Å². The van der Waals surface area contributed by atoms with Gasteiger partial charge < -0.3 is 10.9 Å². The van der Waals surface area contributed by atoms with Crippen molar-refractivity contribution >= 4 is 5.84 Å². The molecule has 114 valence electrons. The fraction of sp³-hybridized carbons (Fsp3) is 0.562. The van der Waals surface area contributed by atoms with Crippen molar-refractivity contribution in [3.63, 3.8) is 0 Å². The van der Waals surface area contributed by atoms with Gasteiger partial charge in [-0.2, -0.15) is 0 Å². The van der Waals surface area contributed by atoms with Crippen molar-refractivity contribution in [3.8, 4) is 0 Å². The first-order valence-corrected chi connectivity index (χ1v) is 7.71. The van der Waals surface area contributed by atoms with Crippen molar-refractivity contribution in [3.05, 3.63) is 34.9 Å². The molecular formula is C16H24N4O. The first-order valence-electron chi connectivity index (χ1n) is 7.71. The lowest BCUT2D eigenvalue weighted by atomic mass is 10.0. The van der Waals surface area contributed by atoms with E-state index < -0.39 is 0 Å². The minimum absolute atomic E-state index is 0.169. The molecule has 0 bridgehead atoms. The van der Waals surface area contributed by atoms with Gasteiger partial charge in [-0.05, 0) is 37.0 Å². The Morgan fingerprint density at radius 1 is 1.29 bits per heavy atom. The lowest BCUT2D eigenvalue weighted by molar-refractivity contribution is 0.121. The number of piperazine rings is 1. The molecule has 1 aromatic carbocycles. The fourth-order valence-corrected chi connectivity index (χ4v) is 3.06. The van der Waals surface area contributed by atoms with Crippen molar-refractivity contribution < 1.29 is 5.21 Å². The van der Waals surface area contributed by atoms with Gasteiger partial charge in [0.25, 0.3) is 0 Å². The Morgan fingerprint density at radius 2 is 2.00 bits per heavy atom. The molecule has 1 aliphatic carbocycles. The number of aryl methyl sites for hydroxylation is 1. The van der Waals surface area contributed by atoms with Crippen molar-refractivity contribution in [1.29, 1.82) is 0 Å². The predicted molar refractivity (Wildman–Crippen MR) is 83.6 cm³/mol. The van der Waals surface area contributed by atoms with E-state index in [4.69, 9.17) is 10.9 Å². The van der Waals surface area contributed by atoms with Crippen LogP contribution >= 0.6 is 0 Å². The van der Waals surface area contributed by atoms with E-state index >= 15 is 0 Å². The molecule has 1 saturated carbocycles.